The first kappa shape index (κ1) is 19.3. The van der Waals surface area contributed by atoms with Crippen LogP contribution >= 0.6 is 15.9 Å². The summed E-state index contributed by atoms with van der Waals surface area (Å²) in [6.45, 7) is -0.927. The number of nitrogens with zero attached hydrogens (tertiary/aromatic N) is 1. The van der Waals surface area contributed by atoms with Crippen molar-refractivity contribution in [2.24, 2.45) is 0 Å². The fourth-order valence-electron chi connectivity index (χ4n) is 1.99. The lowest BCUT2D eigenvalue weighted by molar-refractivity contribution is -0.138. The normalized spacial score (nSPS) is 12.0. The van der Waals surface area contributed by atoms with Gasteiger partial charge in [0, 0.05) is 4.47 Å². The summed E-state index contributed by atoms with van der Waals surface area (Å²) < 4.78 is 64.4. The van der Waals surface area contributed by atoms with E-state index in [4.69, 9.17) is 5.11 Å². The average Bonchev–Trinajstić information content (AvgIpc) is 2.52. The summed E-state index contributed by atoms with van der Waals surface area (Å²) in [6.07, 6.45) is -4.58. The molecule has 0 unspecified atom stereocenters. The fraction of sp³-hybridized carbons (Fsp3) is 0.133. The smallest absolute Gasteiger partial charge is 0.416 e. The van der Waals surface area contributed by atoms with Crippen molar-refractivity contribution < 1.29 is 31.5 Å². The highest BCUT2D eigenvalue weighted by atomic mass is 79.9. The lowest BCUT2D eigenvalue weighted by atomic mass is 10.2. The van der Waals surface area contributed by atoms with Crippen LogP contribution in [0.3, 0.4) is 0 Å². The van der Waals surface area contributed by atoms with Crippen LogP contribution in [0.2, 0.25) is 0 Å². The maximum atomic E-state index is 12.7. The van der Waals surface area contributed by atoms with Crippen molar-refractivity contribution in [3.63, 3.8) is 0 Å². The molecule has 0 saturated carbocycles. The molecule has 2 aromatic carbocycles. The van der Waals surface area contributed by atoms with Gasteiger partial charge < -0.3 is 5.11 Å². The molecule has 0 saturated heterocycles. The summed E-state index contributed by atoms with van der Waals surface area (Å²) in [5.74, 6) is -1.44. The highest BCUT2D eigenvalue weighted by molar-refractivity contribution is 9.10. The number of halogens is 4. The van der Waals surface area contributed by atoms with Gasteiger partial charge in [-0.25, -0.2) is 8.42 Å². The van der Waals surface area contributed by atoms with E-state index in [9.17, 15) is 26.4 Å². The van der Waals surface area contributed by atoms with Gasteiger partial charge >= 0.3 is 12.1 Å². The zero-order valence-corrected chi connectivity index (χ0v) is 14.8. The van der Waals surface area contributed by atoms with Crippen molar-refractivity contribution in [1.82, 2.24) is 0 Å². The van der Waals surface area contributed by atoms with E-state index in [1.165, 1.54) is 24.3 Å². The fourth-order valence-corrected chi connectivity index (χ4v) is 3.67. The summed E-state index contributed by atoms with van der Waals surface area (Å²) >= 11 is 3.15. The molecule has 2 aromatic rings. The minimum Gasteiger partial charge on any atom is -0.480 e. The van der Waals surface area contributed by atoms with Gasteiger partial charge in [-0.05, 0) is 48.5 Å². The topological polar surface area (TPSA) is 74.7 Å². The number of hydrogen-bond donors (Lipinski definition) is 1. The second-order valence-corrected chi connectivity index (χ2v) is 7.68. The second-order valence-electron chi connectivity index (χ2n) is 4.90. The molecule has 0 bridgehead atoms. The molecule has 0 aliphatic heterocycles. The summed E-state index contributed by atoms with van der Waals surface area (Å²) in [7, 11) is -4.26. The van der Waals surface area contributed by atoms with E-state index in [0.717, 1.165) is 12.1 Å². The van der Waals surface area contributed by atoms with Gasteiger partial charge in [-0.1, -0.05) is 15.9 Å². The maximum absolute atomic E-state index is 12.7. The van der Waals surface area contributed by atoms with Gasteiger partial charge in [0.05, 0.1) is 16.1 Å². The van der Waals surface area contributed by atoms with Crippen LogP contribution in [0, 0.1) is 0 Å². The van der Waals surface area contributed by atoms with Gasteiger partial charge in [-0.2, -0.15) is 13.2 Å². The van der Waals surface area contributed by atoms with E-state index in [1.807, 2.05) is 0 Å². The number of rotatable bonds is 5. The molecule has 0 aliphatic carbocycles. The largest absolute Gasteiger partial charge is 0.480 e. The van der Waals surface area contributed by atoms with Crippen molar-refractivity contribution in [3.05, 3.63) is 58.6 Å². The van der Waals surface area contributed by atoms with E-state index >= 15 is 0 Å². The highest BCUT2D eigenvalue weighted by Crippen LogP contribution is 2.32. The SMILES string of the molecule is O=C(O)CN(c1ccc(C(F)(F)F)cc1)S(=O)(=O)c1ccc(Br)cc1. The quantitative estimate of drug-likeness (QED) is 0.772. The Bertz CT molecular complexity index is 865. The number of aliphatic carboxylic acids is 1. The van der Waals surface area contributed by atoms with Gasteiger partial charge in [-0.15, -0.1) is 0 Å². The van der Waals surface area contributed by atoms with Crippen molar-refractivity contribution in [2.75, 3.05) is 10.8 Å². The number of sulfonamides is 1. The van der Waals surface area contributed by atoms with Gasteiger partial charge in [0.1, 0.15) is 6.54 Å². The molecule has 2 rings (SSSR count). The molecule has 0 fully saturated rings. The van der Waals surface area contributed by atoms with Gasteiger partial charge in [0.2, 0.25) is 0 Å². The van der Waals surface area contributed by atoms with Crippen LogP contribution < -0.4 is 4.31 Å². The third-order valence-corrected chi connectivity index (χ3v) is 5.48. The molecule has 25 heavy (non-hydrogen) atoms. The van der Waals surface area contributed by atoms with Crippen LogP contribution in [-0.4, -0.2) is 26.0 Å². The molecule has 5 nitrogen and oxygen atoms in total. The number of anilines is 1. The average molecular weight is 438 g/mol. The number of carboxylic acid groups (broad SMARTS) is 1. The molecule has 0 spiro atoms. The van der Waals surface area contributed by atoms with Crippen LogP contribution in [0.5, 0.6) is 0 Å². The molecule has 134 valence electrons. The minimum absolute atomic E-state index is 0.182. The first-order valence-electron chi connectivity index (χ1n) is 6.69. The van der Waals surface area contributed by atoms with Crippen molar-refractivity contribution in [2.45, 2.75) is 11.1 Å². The first-order valence-corrected chi connectivity index (χ1v) is 8.92. The highest BCUT2D eigenvalue weighted by Gasteiger charge is 2.32. The third kappa shape index (κ3) is 4.51. The zero-order chi connectivity index (χ0) is 18.8. The van der Waals surface area contributed by atoms with Crippen molar-refractivity contribution >= 4 is 37.6 Å². The number of hydrogen-bond acceptors (Lipinski definition) is 3. The molecule has 0 heterocycles. The molecule has 0 aromatic heterocycles. The molecule has 0 radical (unpaired) electrons. The summed E-state index contributed by atoms with van der Waals surface area (Å²) in [6, 6.07) is 8.67. The van der Waals surface area contributed by atoms with Gasteiger partial charge in [0.25, 0.3) is 10.0 Å². The van der Waals surface area contributed by atoms with E-state index in [2.05, 4.69) is 15.9 Å². The Hall–Kier alpha value is -2.07. The Balaban J connectivity index is 2.49. The summed E-state index contributed by atoms with van der Waals surface area (Å²) in [5, 5.41) is 8.99. The molecule has 0 aliphatic rings. The molecular weight excluding hydrogens is 427 g/mol. The minimum atomic E-state index is -4.58. The van der Waals surface area contributed by atoms with E-state index in [1.54, 1.807) is 0 Å². The zero-order valence-electron chi connectivity index (χ0n) is 12.4. The van der Waals surface area contributed by atoms with Gasteiger partial charge in [-0.3, -0.25) is 9.10 Å². The molecule has 10 heteroatoms. The lowest BCUT2D eigenvalue weighted by Gasteiger charge is -2.23. The predicted octanol–water partition coefficient (Wildman–Crippen LogP) is 3.75. The Morgan fingerprint density at radius 2 is 1.56 bits per heavy atom. The van der Waals surface area contributed by atoms with Crippen molar-refractivity contribution in [3.8, 4) is 0 Å². The predicted molar refractivity (Wildman–Crippen MR) is 87.8 cm³/mol. The Morgan fingerprint density at radius 3 is 2.00 bits per heavy atom. The van der Waals surface area contributed by atoms with Crippen LogP contribution in [0.1, 0.15) is 5.56 Å². The van der Waals surface area contributed by atoms with E-state index in [-0.39, 0.29) is 10.6 Å². The monoisotopic (exact) mass is 437 g/mol. The Morgan fingerprint density at radius 1 is 1.04 bits per heavy atom. The lowest BCUT2D eigenvalue weighted by Crippen LogP contribution is -2.35. The Labute approximate surface area is 149 Å². The molecular formula is C15H11BrF3NO4S. The van der Waals surface area contributed by atoms with E-state index < -0.39 is 34.3 Å². The van der Waals surface area contributed by atoms with Crippen molar-refractivity contribution in [1.29, 1.82) is 0 Å². The number of carbonyl (C=O) groups is 1. The number of carboxylic acids is 1. The first-order chi connectivity index (χ1) is 11.5. The summed E-state index contributed by atoms with van der Waals surface area (Å²) in [5.41, 5.74) is -1.15. The molecule has 0 atom stereocenters. The van der Waals surface area contributed by atoms with Crippen LogP contribution in [-0.2, 0) is 21.0 Å². The standard InChI is InChI=1S/C15H11BrF3NO4S/c16-11-3-7-13(8-4-11)25(23,24)20(9-14(21)22)12-5-1-10(2-6-12)15(17,18)19/h1-8H,9H2,(H,21,22). The Kier molecular flexibility index (Phi) is 5.43. The van der Waals surface area contributed by atoms with Crippen LogP contribution in [0.4, 0.5) is 18.9 Å². The van der Waals surface area contributed by atoms with Crippen LogP contribution in [0.15, 0.2) is 57.9 Å². The second kappa shape index (κ2) is 7.04. The van der Waals surface area contributed by atoms with E-state index in [0.29, 0.717) is 20.9 Å². The number of alkyl halides is 3. The van der Waals surface area contributed by atoms with Crippen LogP contribution in [0.25, 0.3) is 0 Å². The molecule has 1 N–H and O–H groups in total. The number of benzene rings is 2. The van der Waals surface area contributed by atoms with Gasteiger partial charge in [0.15, 0.2) is 0 Å². The molecule has 0 amide bonds. The third-order valence-electron chi connectivity index (χ3n) is 3.16. The summed E-state index contributed by atoms with van der Waals surface area (Å²) in [4.78, 5) is 10.9. The maximum Gasteiger partial charge on any atom is 0.416 e.